The summed E-state index contributed by atoms with van der Waals surface area (Å²) in [5.74, 6) is -4.60. The summed E-state index contributed by atoms with van der Waals surface area (Å²) < 4.78 is 28.8. The Hall–Kier alpha value is -1.11. The maximum absolute atomic E-state index is 12.4. The van der Waals surface area contributed by atoms with Gasteiger partial charge < -0.3 is 4.74 Å². The van der Waals surface area contributed by atoms with Crippen LogP contribution in [0.25, 0.3) is 0 Å². The number of alkyl halides is 2. The van der Waals surface area contributed by atoms with Crippen molar-refractivity contribution in [3.63, 3.8) is 0 Å². The highest BCUT2D eigenvalue weighted by Gasteiger charge is 2.53. The number of halogens is 2. The van der Waals surface area contributed by atoms with Crippen molar-refractivity contribution in [3.8, 4) is 12.3 Å². The molecule has 0 spiro atoms. The Labute approximate surface area is 56.2 Å². The van der Waals surface area contributed by atoms with Crippen LogP contribution >= 0.6 is 0 Å². The van der Waals surface area contributed by atoms with Crippen molar-refractivity contribution in [2.45, 2.75) is 5.92 Å². The molecule has 2 nitrogen and oxygen atoms in total. The van der Waals surface area contributed by atoms with E-state index >= 15 is 0 Å². The number of cyclic esters (lactones) is 1. The van der Waals surface area contributed by atoms with Crippen molar-refractivity contribution in [3.05, 3.63) is 0 Å². The number of ether oxygens (including phenoxy) is 1. The minimum absolute atomic E-state index is 0.373. The highest BCUT2D eigenvalue weighted by molar-refractivity contribution is 5.80. The van der Waals surface area contributed by atoms with E-state index in [1.54, 1.807) is 5.92 Å². The maximum atomic E-state index is 12.4. The van der Waals surface area contributed by atoms with Gasteiger partial charge in [0.1, 0.15) is 12.5 Å². The fourth-order valence-electron chi connectivity index (χ4n) is 0.655. The molecule has 4 heteroatoms. The first-order valence-electron chi connectivity index (χ1n) is 2.60. The van der Waals surface area contributed by atoms with Crippen molar-refractivity contribution in [1.82, 2.24) is 0 Å². The molecule has 0 saturated carbocycles. The lowest BCUT2D eigenvalue weighted by Gasteiger charge is -2.05. The predicted octanol–water partition coefficient (Wildman–Crippen LogP) is 0.428. The highest BCUT2D eigenvalue weighted by Crippen LogP contribution is 2.31. The van der Waals surface area contributed by atoms with Crippen LogP contribution < -0.4 is 0 Å². The molecule has 1 unspecified atom stereocenters. The smallest absolute Gasteiger partial charge is 0.378 e. The summed E-state index contributed by atoms with van der Waals surface area (Å²) in [6, 6.07) is 0. The van der Waals surface area contributed by atoms with E-state index in [1.165, 1.54) is 0 Å². The molecule has 0 amide bonds. The minimum Gasteiger partial charge on any atom is -0.460 e. The predicted molar refractivity (Wildman–Crippen MR) is 28.2 cm³/mol. The number of carbonyl (C=O) groups is 1. The van der Waals surface area contributed by atoms with Crippen LogP contribution in [0.5, 0.6) is 0 Å². The van der Waals surface area contributed by atoms with Crippen LogP contribution in [0.2, 0.25) is 0 Å². The fraction of sp³-hybridized carbons (Fsp3) is 0.500. The van der Waals surface area contributed by atoms with Gasteiger partial charge in [-0.1, -0.05) is 5.92 Å². The van der Waals surface area contributed by atoms with E-state index in [1.807, 2.05) is 0 Å². The Kier molecular flexibility index (Phi) is 1.36. The maximum Gasteiger partial charge on any atom is 0.378 e. The quantitative estimate of drug-likeness (QED) is 0.366. The van der Waals surface area contributed by atoms with Gasteiger partial charge in [-0.25, -0.2) is 4.79 Å². The fourth-order valence-corrected chi connectivity index (χ4v) is 0.655. The molecular formula is C6H4F2O2. The lowest BCUT2D eigenvalue weighted by molar-refractivity contribution is -0.158. The van der Waals surface area contributed by atoms with Gasteiger partial charge in [-0.3, -0.25) is 0 Å². The largest absolute Gasteiger partial charge is 0.460 e. The number of esters is 1. The molecule has 1 atom stereocenters. The molecule has 1 rings (SSSR count). The van der Waals surface area contributed by atoms with Crippen LogP contribution in [-0.4, -0.2) is 18.5 Å². The Bertz CT molecular complexity index is 204. The zero-order valence-electron chi connectivity index (χ0n) is 4.93. The molecule has 0 bridgehead atoms. The molecule has 0 aromatic carbocycles. The Balaban J connectivity index is 2.86. The standard InChI is InChI=1S/C6H4F2O2/c1-2-4-3-10-5(9)6(4,7)8/h1,4H,3H2. The lowest BCUT2D eigenvalue weighted by Crippen LogP contribution is -2.29. The third kappa shape index (κ3) is 0.747. The summed E-state index contributed by atoms with van der Waals surface area (Å²) in [5.41, 5.74) is 0. The average molecular weight is 146 g/mol. The number of carbonyl (C=O) groups excluding carboxylic acids is 1. The Morgan fingerprint density at radius 3 is 2.60 bits per heavy atom. The molecule has 0 aliphatic carbocycles. The third-order valence-corrected chi connectivity index (χ3v) is 1.29. The van der Waals surface area contributed by atoms with Gasteiger partial charge in [0.2, 0.25) is 0 Å². The van der Waals surface area contributed by atoms with Crippen LogP contribution in [0.3, 0.4) is 0 Å². The van der Waals surface area contributed by atoms with Crippen molar-refractivity contribution < 1.29 is 18.3 Å². The van der Waals surface area contributed by atoms with Crippen LogP contribution in [0.4, 0.5) is 8.78 Å². The monoisotopic (exact) mass is 146 g/mol. The van der Waals surface area contributed by atoms with Crippen molar-refractivity contribution in [2.75, 3.05) is 6.61 Å². The average Bonchev–Trinajstić information content (AvgIpc) is 2.10. The molecule has 1 saturated heterocycles. The summed E-state index contributed by atoms with van der Waals surface area (Å²) in [5, 5.41) is 0. The Morgan fingerprint density at radius 1 is 1.80 bits per heavy atom. The van der Waals surface area contributed by atoms with E-state index in [4.69, 9.17) is 6.42 Å². The van der Waals surface area contributed by atoms with Gasteiger partial charge in [0.05, 0.1) is 0 Å². The molecule has 0 aromatic heterocycles. The first-order valence-corrected chi connectivity index (χ1v) is 2.60. The van der Waals surface area contributed by atoms with E-state index in [0.29, 0.717) is 0 Å². The van der Waals surface area contributed by atoms with Gasteiger partial charge in [-0.05, 0) is 0 Å². The number of hydrogen-bond donors (Lipinski definition) is 0. The normalized spacial score (nSPS) is 29.3. The van der Waals surface area contributed by atoms with Crippen LogP contribution in [0, 0.1) is 18.3 Å². The number of rotatable bonds is 0. The van der Waals surface area contributed by atoms with E-state index in [9.17, 15) is 13.6 Å². The highest BCUT2D eigenvalue weighted by atomic mass is 19.3. The number of terminal acetylenes is 1. The molecule has 1 aliphatic heterocycles. The Morgan fingerprint density at radius 2 is 2.40 bits per heavy atom. The molecule has 54 valence electrons. The van der Waals surface area contributed by atoms with Crippen molar-refractivity contribution >= 4 is 5.97 Å². The van der Waals surface area contributed by atoms with E-state index in [2.05, 4.69) is 4.74 Å². The summed E-state index contributed by atoms with van der Waals surface area (Å²) in [4.78, 5) is 10.2. The lowest BCUT2D eigenvalue weighted by atomic mass is 10.1. The second-order valence-corrected chi connectivity index (χ2v) is 1.94. The van der Waals surface area contributed by atoms with Gasteiger partial charge >= 0.3 is 11.9 Å². The zero-order chi connectivity index (χ0) is 7.78. The summed E-state index contributed by atoms with van der Waals surface area (Å²) in [6.07, 6.45) is 4.71. The second-order valence-electron chi connectivity index (χ2n) is 1.94. The molecule has 1 aliphatic rings. The SMILES string of the molecule is C#CC1COC(=O)C1(F)F. The second kappa shape index (κ2) is 1.94. The van der Waals surface area contributed by atoms with Crippen molar-refractivity contribution in [1.29, 1.82) is 0 Å². The molecule has 0 radical (unpaired) electrons. The van der Waals surface area contributed by atoms with Gasteiger partial charge in [0.25, 0.3) is 0 Å². The molecule has 10 heavy (non-hydrogen) atoms. The first-order chi connectivity index (χ1) is 4.59. The van der Waals surface area contributed by atoms with E-state index < -0.39 is 17.8 Å². The molecular weight excluding hydrogens is 142 g/mol. The van der Waals surface area contributed by atoms with Gasteiger partial charge in [0.15, 0.2) is 0 Å². The third-order valence-electron chi connectivity index (χ3n) is 1.29. The van der Waals surface area contributed by atoms with Crippen LogP contribution in [-0.2, 0) is 9.53 Å². The summed E-state index contributed by atoms with van der Waals surface area (Å²) in [7, 11) is 0. The van der Waals surface area contributed by atoms with Crippen molar-refractivity contribution in [2.24, 2.45) is 5.92 Å². The van der Waals surface area contributed by atoms with Crippen LogP contribution in [0.1, 0.15) is 0 Å². The minimum atomic E-state index is -3.48. The zero-order valence-corrected chi connectivity index (χ0v) is 4.93. The summed E-state index contributed by atoms with van der Waals surface area (Å²) >= 11 is 0. The van der Waals surface area contributed by atoms with Gasteiger partial charge in [-0.2, -0.15) is 8.78 Å². The van der Waals surface area contributed by atoms with Crippen LogP contribution in [0.15, 0.2) is 0 Å². The first kappa shape index (κ1) is 7.00. The molecule has 1 fully saturated rings. The van der Waals surface area contributed by atoms with E-state index in [-0.39, 0.29) is 6.61 Å². The molecule has 1 heterocycles. The molecule has 0 N–H and O–H groups in total. The van der Waals surface area contributed by atoms with E-state index in [0.717, 1.165) is 0 Å². The summed E-state index contributed by atoms with van der Waals surface area (Å²) in [6.45, 7) is -0.373. The van der Waals surface area contributed by atoms with Gasteiger partial charge in [0, 0.05) is 0 Å². The topological polar surface area (TPSA) is 26.3 Å². The molecule has 0 aromatic rings. The van der Waals surface area contributed by atoms with Gasteiger partial charge in [-0.15, -0.1) is 6.42 Å². The number of hydrogen-bond acceptors (Lipinski definition) is 2.